The van der Waals surface area contributed by atoms with E-state index >= 15 is 0 Å². The van der Waals surface area contributed by atoms with Gasteiger partial charge in [0.25, 0.3) is 0 Å². The number of ether oxygens (including phenoxy) is 1. The van der Waals surface area contributed by atoms with Crippen LogP contribution in [-0.4, -0.2) is 0 Å². The van der Waals surface area contributed by atoms with Crippen molar-refractivity contribution in [1.29, 1.82) is 0 Å². The van der Waals surface area contributed by atoms with Crippen LogP contribution in [0.1, 0.15) is 6.92 Å². The van der Waals surface area contributed by atoms with E-state index in [1.54, 1.807) is 24.5 Å². The lowest BCUT2D eigenvalue weighted by molar-refractivity contribution is 0.477. The molecule has 0 amide bonds. The van der Waals surface area contributed by atoms with Crippen LogP contribution in [0.2, 0.25) is 5.02 Å². The van der Waals surface area contributed by atoms with Gasteiger partial charge < -0.3 is 4.74 Å². The first-order valence-corrected chi connectivity index (χ1v) is 4.98. The molecule has 0 saturated heterocycles. The highest BCUT2D eigenvalue weighted by Gasteiger charge is 1.91. The third-order valence-corrected chi connectivity index (χ3v) is 1.94. The van der Waals surface area contributed by atoms with Crippen LogP contribution >= 0.6 is 11.6 Å². The zero-order valence-corrected chi connectivity index (χ0v) is 9.37. The molecule has 0 bridgehead atoms. The van der Waals surface area contributed by atoms with E-state index in [4.69, 9.17) is 16.3 Å². The van der Waals surface area contributed by atoms with Crippen molar-refractivity contribution in [2.75, 3.05) is 0 Å². The molecular weight excluding hydrogens is 208 g/mol. The van der Waals surface area contributed by atoms with Crippen LogP contribution in [0.15, 0.2) is 60.9 Å². The van der Waals surface area contributed by atoms with E-state index in [0.717, 1.165) is 11.3 Å². The zero-order valence-electron chi connectivity index (χ0n) is 8.61. The fourth-order valence-corrected chi connectivity index (χ4v) is 1.06. The molecule has 0 heterocycles. The van der Waals surface area contributed by atoms with Gasteiger partial charge in [0, 0.05) is 5.02 Å². The molecule has 0 fully saturated rings. The van der Waals surface area contributed by atoms with Gasteiger partial charge >= 0.3 is 0 Å². The Morgan fingerprint density at radius 2 is 2.00 bits per heavy atom. The summed E-state index contributed by atoms with van der Waals surface area (Å²) in [5, 5.41) is 0.703. The SMILES string of the molecule is C=C/C=C\C(C)=C/Oc1ccc(Cl)cc1. The average molecular weight is 221 g/mol. The van der Waals surface area contributed by atoms with Gasteiger partial charge in [-0.3, -0.25) is 0 Å². The molecule has 0 aliphatic rings. The van der Waals surface area contributed by atoms with Gasteiger partial charge in [-0.1, -0.05) is 36.4 Å². The molecule has 0 aromatic heterocycles. The Morgan fingerprint density at radius 3 is 2.60 bits per heavy atom. The average Bonchev–Trinajstić information content (AvgIpc) is 2.25. The Hall–Kier alpha value is -1.47. The van der Waals surface area contributed by atoms with Crippen molar-refractivity contribution >= 4 is 11.6 Å². The maximum atomic E-state index is 5.75. The summed E-state index contributed by atoms with van der Waals surface area (Å²) < 4.78 is 5.41. The molecule has 0 N–H and O–H groups in total. The van der Waals surface area contributed by atoms with Crippen LogP contribution in [0.5, 0.6) is 5.75 Å². The number of benzene rings is 1. The van der Waals surface area contributed by atoms with E-state index in [9.17, 15) is 0 Å². The highest BCUT2D eigenvalue weighted by Crippen LogP contribution is 2.16. The van der Waals surface area contributed by atoms with Crippen LogP contribution in [0.4, 0.5) is 0 Å². The normalized spacial score (nSPS) is 11.7. The molecule has 0 unspecified atom stereocenters. The van der Waals surface area contributed by atoms with E-state index in [1.165, 1.54) is 0 Å². The van der Waals surface area contributed by atoms with E-state index in [1.807, 2.05) is 31.2 Å². The first-order valence-electron chi connectivity index (χ1n) is 4.60. The van der Waals surface area contributed by atoms with Crippen LogP contribution in [0, 0.1) is 0 Å². The minimum absolute atomic E-state index is 0.703. The van der Waals surface area contributed by atoms with E-state index in [2.05, 4.69) is 6.58 Å². The first-order chi connectivity index (χ1) is 7.22. The quantitative estimate of drug-likeness (QED) is 0.541. The lowest BCUT2D eigenvalue weighted by Gasteiger charge is -2.00. The number of halogens is 1. The summed E-state index contributed by atoms with van der Waals surface area (Å²) in [6.45, 7) is 5.55. The number of hydrogen-bond donors (Lipinski definition) is 0. The molecule has 0 atom stereocenters. The smallest absolute Gasteiger partial charge is 0.126 e. The Morgan fingerprint density at radius 1 is 1.33 bits per heavy atom. The van der Waals surface area contributed by atoms with Crippen molar-refractivity contribution < 1.29 is 4.74 Å². The largest absolute Gasteiger partial charge is 0.465 e. The Kier molecular flexibility index (Phi) is 4.72. The van der Waals surface area contributed by atoms with E-state index in [0.29, 0.717) is 5.02 Å². The van der Waals surface area contributed by atoms with Crippen LogP contribution in [0.25, 0.3) is 0 Å². The Labute approximate surface area is 95.3 Å². The highest BCUT2D eigenvalue weighted by atomic mass is 35.5. The third-order valence-electron chi connectivity index (χ3n) is 1.69. The predicted octanol–water partition coefficient (Wildman–Crippen LogP) is 4.36. The minimum atomic E-state index is 0.703. The minimum Gasteiger partial charge on any atom is -0.465 e. The van der Waals surface area contributed by atoms with Crippen molar-refractivity contribution in [3.63, 3.8) is 0 Å². The summed E-state index contributed by atoms with van der Waals surface area (Å²) >= 11 is 5.75. The van der Waals surface area contributed by atoms with Crippen LogP contribution in [-0.2, 0) is 0 Å². The fraction of sp³-hybridized carbons (Fsp3) is 0.0769. The molecule has 0 aliphatic heterocycles. The van der Waals surface area contributed by atoms with Crippen molar-refractivity contribution in [1.82, 2.24) is 0 Å². The number of rotatable bonds is 4. The topological polar surface area (TPSA) is 9.23 Å². The molecule has 0 spiro atoms. The van der Waals surface area contributed by atoms with Crippen molar-refractivity contribution in [2.45, 2.75) is 6.92 Å². The summed E-state index contributed by atoms with van der Waals surface area (Å²) in [6, 6.07) is 7.23. The summed E-state index contributed by atoms with van der Waals surface area (Å²) in [6.07, 6.45) is 7.18. The van der Waals surface area contributed by atoms with Crippen molar-refractivity contribution in [3.8, 4) is 5.75 Å². The van der Waals surface area contributed by atoms with Gasteiger partial charge in [0.05, 0.1) is 6.26 Å². The molecule has 15 heavy (non-hydrogen) atoms. The Bertz CT molecular complexity index is 374. The second kappa shape index (κ2) is 6.10. The maximum Gasteiger partial charge on any atom is 0.126 e. The maximum absolute atomic E-state index is 5.75. The van der Waals surface area contributed by atoms with E-state index < -0.39 is 0 Å². The van der Waals surface area contributed by atoms with Gasteiger partial charge in [0.15, 0.2) is 0 Å². The predicted molar refractivity (Wildman–Crippen MR) is 65.2 cm³/mol. The third kappa shape index (κ3) is 4.52. The Balaban J connectivity index is 2.59. The fourth-order valence-electron chi connectivity index (χ4n) is 0.933. The summed E-state index contributed by atoms with van der Waals surface area (Å²) in [5.74, 6) is 0.769. The van der Waals surface area contributed by atoms with Crippen LogP contribution in [0.3, 0.4) is 0 Å². The van der Waals surface area contributed by atoms with Crippen LogP contribution < -0.4 is 4.74 Å². The monoisotopic (exact) mass is 220 g/mol. The molecule has 2 heteroatoms. The summed E-state index contributed by atoms with van der Waals surface area (Å²) in [7, 11) is 0. The molecule has 1 nitrogen and oxygen atoms in total. The van der Waals surface area contributed by atoms with Gasteiger partial charge in [0.1, 0.15) is 5.75 Å². The molecule has 78 valence electrons. The molecule has 0 saturated carbocycles. The molecule has 1 aromatic rings. The molecule has 0 aliphatic carbocycles. The molecular formula is C13H13ClO. The number of hydrogen-bond acceptors (Lipinski definition) is 1. The second-order valence-electron chi connectivity index (χ2n) is 3.03. The zero-order chi connectivity index (χ0) is 11.1. The van der Waals surface area contributed by atoms with E-state index in [-0.39, 0.29) is 0 Å². The number of allylic oxidation sites excluding steroid dienone is 4. The summed E-state index contributed by atoms with van der Waals surface area (Å²) in [4.78, 5) is 0. The van der Waals surface area contributed by atoms with Gasteiger partial charge in [-0.15, -0.1) is 0 Å². The molecule has 0 radical (unpaired) electrons. The van der Waals surface area contributed by atoms with Gasteiger partial charge in [-0.2, -0.15) is 0 Å². The standard InChI is InChI=1S/C13H13ClO/c1-3-4-5-11(2)10-15-13-8-6-12(14)7-9-13/h3-10H,1H2,2H3/b5-4-,11-10-. The van der Waals surface area contributed by atoms with Gasteiger partial charge in [-0.05, 0) is 36.8 Å². The second-order valence-corrected chi connectivity index (χ2v) is 3.46. The van der Waals surface area contributed by atoms with Gasteiger partial charge in [-0.25, -0.2) is 0 Å². The van der Waals surface area contributed by atoms with Gasteiger partial charge in [0.2, 0.25) is 0 Å². The molecule has 1 rings (SSSR count). The molecule has 1 aromatic carbocycles. The first kappa shape index (κ1) is 11.6. The highest BCUT2D eigenvalue weighted by molar-refractivity contribution is 6.30. The van der Waals surface area contributed by atoms with Crippen molar-refractivity contribution in [3.05, 3.63) is 65.9 Å². The summed E-state index contributed by atoms with van der Waals surface area (Å²) in [5.41, 5.74) is 1.02. The lowest BCUT2D eigenvalue weighted by atomic mass is 10.3. The lowest BCUT2D eigenvalue weighted by Crippen LogP contribution is -1.83. The van der Waals surface area contributed by atoms with Crippen molar-refractivity contribution in [2.24, 2.45) is 0 Å².